The van der Waals surface area contributed by atoms with Crippen LogP contribution in [0.5, 0.6) is 0 Å². The van der Waals surface area contributed by atoms with Gasteiger partial charge in [-0.3, -0.25) is 4.79 Å². The van der Waals surface area contributed by atoms with Gasteiger partial charge in [0.1, 0.15) is 0 Å². The van der Waals surface area contributed by atoms with Crippen LogP contribution >= 0.6 is 0 Å². The van der Waals surface area contributed by atoms with Crippen LogP contribution in [-0.4, -0.2) is 16.3 Å². The van der Waals surface area contributed by atoms with Crippen molar-refractivity contribution in [3.05, 3.63) is 23.8 Å². The second-order valence-corrected chi connectivity index (χ2v) is 6.91. The number of aldehydes is 1. The highest BCUT2D eigenvalue weighted by molar-refractivity contribution is 5.73. The highest BCUT2D eigenvalue weighted by atomic mass is 16.1. The maximum Gasteiger partial charge on any atom is 0.204 e. The Morgan fingerprint density at radius 2 is 1.60 bits per heavy atom. The van der Waals surface area contributed by atoms with Crippen molar-refractivity contribution in [1.82, 2.24) is 9.97 Å². The fourth-order valence-electron chi connectivity index (χ4n) is 4.92. The van der Waals surface area contributed by atoms with Gasteiger partial charge in [-0.1, -0.05) is 5.92 Å². The van der Waals surface area contributed by atoms with E-state index in [1.807, 2.05) is 0 Å². The monoisotopic (exact) mass is 266 g/mol. The molecular formula is C17H18N2O. The summed E-state index contributed by atoms with van der Waals surface area (Å²) in [4.78, 5) is 18.9. The number of hydrogen-bond acceptors (Lipinski definition) is 3. The molecule has 102 valence electrons. The lowest BCUT2D eigenvalue weighted by atomic mass is 9.50. The van der Waals surface area contributed by atoms with Crippen molar-refractivity contribution in [3.63, 3.8) is 0 Å². The summed E-state index contributed by atoms with van der Waals surface area (Å²) in [5.74, 6) is 9.96. The van der Waals surface area contributed by atoms with Gasteiger partial charge in [0.25, 0.3) is 0 Å². The predicted octanol–water partition coefficient (Wildman–Crippen LogP) is 2.86. The second-order valence-electron chi connectivity index (χ2n) is 6.91. The van der Waals surface area contributed by atoms with E-state index in [4.69, 9.17) is 0 Å². The zero-order chi connectivity index (χ0) is 13.6. The fourth-order valence-corrected chi connectivity index (χ4v) is 4.92. The number of aromatic nitrogens is 2. The number of hydrogen-bond donors (Lipinski definition) is 0. The maximum atomic E-state index is 10.6. The zero-order valence-corrected chi connectivity index (χ0v) is 11.5. The molecule has 0 N–H and O–H groups in total. The highest BCUT2D eigenvalue weighted by Crippen LogP contribution is 2.59. The lowest BCUT2D eigenvalue weighted by Crippen LogP contribution is -2.45. The van der Waals surface area contributed by atoms with Crippen LogP contribution in [-0.2, 0) is 0 Å². The fraction of sp³-hybridized carbons (Fsp3) is 0.588. The quantitative estimate of drug-likeness (QED) is 0.580. The van der Waals surface area contributed by atoms with Gasteiger partial charge in [0.05, 0.1) is 5.56 Å². The maximum absolute atomic E-state index is 10.6. The van der Waals surface area contributed by atoms with E-state index in [-0.39, 0.29) is 5.41 Å². The minimum atomic E-state index is 0.238. The number of carbonyl (C=O) groups is 1. The van der Waals surface area contributed by atoms with Crippen LogP contribution in [0.2, 0.25) is 0 Å². The van der Waals surface area contributed by atoms with Crippen LogP contribution in [0, 0.1) is 35.0 Å². The first-order valence-electron chi connectivity index (χ1n) is 7.55. The molecule has 0 aliphatic heterocycles. The first-order valence-corrected chi connectivity index (χ1v) is 7.55. The lowest BCUT2D eigenvalue weighted by molar-refractivity contribution is -0.0181. The van der Waals surface area contributed by atoms with Crippen LogP contribution < -0.4 is 0 Å². The van der Waals surface area contributed by atoms with Gasteiger partial charge in [0, 0.05) is 17.8 Å². The SMILES string of the molecule is O=Cc1cnc(C#CC23CC4CC(CC(C4)C2)C3)nc1. The smallest absolute Gasteiger partial charge is 0.204 e. The number of nitrogens with zero attached hydrogens (tertiary/aromatic N) is 2. The molecule has 0 radical (unpaired) electrons. The summed E-state index contributed by atoms with van der Waals surface area (Å²) in [5, 5.41) is 0. The summed E-state index contributed by atoms with van der Waals surface area (Å²) in [6, 6.07) is 0. The molecule has 0 unspecified atom stereocenters. The van der Waals surface area contributed by atoms with Crippen LogP contribution in [0.25, 0.3) is 0 Å². The van der Waals surface area contributed by atoms with Crippen molar-refractivity contribution < 1.29 is 4.79 Å². The summed E-state index contributed by atoms with van der Waals surface area (Å²) in [7, 11) is 0. The average Bonchev–Trinajstić information content (AvgIpc) is 2.44. The topological polar surface area (TPSA) is 42.9 Å². The first-order chi connectivity index (χ1) is 9.75. The van der Waals surface area contributed by atoms with Gasteiger partial charge in [-0.15, -0.1) is 0 Å². The molecular weight excluding hydrogens is 248 g/mol. The molecule has 4 fully saturated rings. The number of carbonyl (C=O) groups excluding carboxylic acids is 1. The standard InChI is InChI=1S/C17H18N2O/c20-11-15-9-18-16(19-10-15)1-2-17-6-12-3-13(7-17)5-14(4-12)8-17/h9-14H,3-8H2. The molecule has 3 heteroatoms. The van der Waals surface area contributed by atoms with Crippen LogP contribution in [0.4, 0.5) is 0 Å². The molecule has 4 bridgehead atoms. The molecule has 5 rings (SSSR count). The van der Waals surface area contributed by atoms with Crippen LogP contribution in [0.1, 0.15) is 54.7 Å². The van der Waals surface area contributed by atoms with Crippen molar-refractivity contribution in [1.29, 1.82) is 0 Å². The average molecular weight is 266 g/mol. The Bertz CT molecular complexity index is 558. The van der Waals surface area contributed by atoms with Gasteiger partial charge in [-0.05, 0) is 62.2 Å². The minimum absolute atomic E-state index is 0.238. The third kappa shape index (κ3) is 2.04. The van der Waals surface area contributed by atoms with Crippen molar-refractivity contribution in [2.45, 2.75) is 38.5 Å². The van der Waals surface area contributed by atoms with E-state index < -0.39 is 0 Å². The van der Waals surface area contributed by atoms with E-state index in [1.54, 1.807) is 12.4 Å². The van der Waals surface area contributed by atoms with Crippen LogP contribution in [0.15, 0.2) is 12.4 Å². The van der Waals surface area contributed by atoms with Crippen LogP contribution in [0.3, 0.4) is 0 Å². The van der Waals surface area contributed by atoms with Gasteiger partial charge < -0.3 is 0 Å². The Balaban J connectivity index is 1.59. The molecule has 4 aliphatic rings. The summed E-state index contributed by atoms with van der Waals surface area (Å²) >= 11 is 0. The Morgan fingerprint density at radius 1 is 1.05 bits per heavy atom. The van der Waals surface area contributed by atoms with E-state index in [2.05, 4.69) is 21.8 Å². The Hall–Kier alpha value is -1.69. The Morgan fingerprint density at radius 3 is 2.10 bits per heavy atom. The van der Waals surface area contributed by atoms with Crippen molar-refractivity contribution in [3.8, 4) is 11.8 Å². The minimum Gasteiger partial charge on any atom is -0.298 e. The van der Waals surface area contributed by atoms with E-state index in [0.29, 0.717) is 11.4 Å². The molecule has 0 aromatic carbocycles. The van der Waals surface area contributed by atoms with Gasteiger partial charge >= 0.3 is 0 Å². The molecule has 1 aromatic rings. The molecule has 1 heterocycles. The van der Waals surface area contributed by atoms with E-state index in [9.17, 15) is 4.79 Å². The van der Waals surface area contributed by atoms with Crippen molar-refractivity contribution in [2.75, 3.05) is 0 Å². The predicted molar refractivity (Wildman–Crippen MR) is 74.9 cm³/mol. The molecule has 20 heavy (non-hydrogen) atoms. The molecule has 0 spiro atoms. The summed E-state index contributed by atoms with van der Waals surface area (Å²) in [6.07, 6.45) is 12.0. The van der Waals surface area contributed by atoms with Gasteiger partial charge in [-0.2, -0.15) is 0 Å². The molecule has 4 saturated carbocycles. The van der Waals surface area contributed by atoms with Gasteiger partial charge in [0.15, 0.2) is 6.29 Å². The molecule has 1 aromatic heterocycles. The van der Waals surface area contributed by atoms with Gasteiger partial charge in [0.2, 0.25) is 5.82 Å². The van der Waals surface area contributed by atoms with E-state index >= 15 is 0 Å². The highest BCUT2D eigenvalue weighted by Gasteiger charge is 2.50. The molecule has 0 atom stereocenters. The number of rotatable bonds is 1. The molecule has 4 aliphatic carbocycles. The van der Waals surface area contributed by atoms with Crippen molar-refractivity contribution >= 4 is 6.29 Å². The molecule has 0 amide bonds. The van der Waals surface area contributed by atoms with Crippen molar-refractivity contribution in [2.24, 2.45) is 23.2 Å². The third-order valence-corrected chi connectivity index (χ3v) is 5.29. The third-order valence-electron chi connectivity index (χ3n) is 5.29. The van der Waals surface area contributed by atoms with E-state index in [1.165, 1.54) is 38.5 Å². The lowest BCUT2D eigenvalue weighted by Gasteiger charge is -2.54. The molecule has 0 saturated heterocycles. The molecule has 3 nitrogen and oxygen atoms in total. The summed E-state index contributed by atoms with van der Waals surface area (Å²) < 4.78 is 0. The largest absolute Gasteiger partial charge is 0.298 e. The van der Waals surface area contributed by atoms with Gasteiger partial charge in [-0.25, -0.2) is 9.97 Å². The second kappa shape index (κ2) is 4.41. The summed E-state index contributed by atoms with van der Waals surface area (Å²) in [6.45, 7) is 0. The normalized spacial score (nSPS) is 37.3. The first kappa shape index (κ1) is 12.1. The summed E-state index contributed by atoms with van der Waals surface area (Å²) in [5.41, 5.74) is 0.742. The van der Waals surface area contributed by atoms with E-state index in [0.717, 1.165) is 24.0 Å². The Kier molecular flexibility index (Phi) is 2.66. The zero-order valence-electron chi connectivity index (χ0n) is 11.5. The Labute approximate surface area is 119 Å².